The molecule has 6 rings (SSSR count). The van der Waals surface area contributed by atoms with Gasteiger partial charge in [0.1, 0.15) is 6.04 Å². The smallest absolute Gasteiger partial charge is 0.249 e. The molecule has 2 saturated heterocycles. The molecule has 0 radical (unpaired) electrons. The van der Waals surface area contributed by atoms with E-state index in [4.69, 9.17) is 9.47 Å². The molecule has 8 amide bonds. The molecular weight excluding hydrogens is 1000 g/mol. The molecule has 4 aliphatic rings. The number of benzene rings is 1. The summed E-state index contributed by atoms with van der Waals surface area (Å²) in [6, 6.07) is 7.94. The number of amides is 8. The van der Waals surface area contributed by atoms with Crippen molar-refractivity contribution in [1.82, 2.24) is 40.3 Å². The van der Waals surface area contributed by atoms with Crippen LogP contribution < -0.4 is 20.9 Å². The summed E-state index contributed by atoms with van der Waals surface area (Å²) >= 11 is 2.98. The topological polar surface area (TPSA) is 243 Å². The Kier molecular flexibility index (Phi) is 21.4. The molecule has 20 nitrogen and oxygen atoms in total. The highest BCUT2D eigenvalue weighted by molar-refractivity contribution is 8.01. The fraction of sp³-hybridized carbons (Fsp3) is 0.679. The van der Waals surface area contributed by atoms with Crippen molar-refractivity contribution in [1.29, 1.82) is 0 Å². The number of hydrogen-bond acceptors (Lipinski definition) is 15. The maximum atomic E-state index is 14.3. The van der Waals surface area contributed by atoms with Crippen LogP contribution in [0.2, 0.25) is 0 Å². The fourth-order valence-corrected chi connectivity index (χ4v) is 13.8. The number of nitrogens with one attached hydrogen (secondary N) is 3. The van der Waals surface area contributed by atoms with Crippen LogP contribution in [0.5, 0.6) is 0 Å². The van der Waals surface area contributed by atoms with E-state index < -0.39 is 71.5 Å². The van der Waals surface area contributed by atoms with Gasteiger partial charge in [0, 0.05) is 70.7 Å². The third-order valence-electron chi connectivity index (χ3n) is 15.1. The monoisotopic (exact) mass is 1080 g/mol. The minimum absolute atomic E-state index is 0.0325. The molecule has 22 heteroatoms. The number of anilines is 2. The Morgan fingerprint density at radius 3 is 2.25 bits per heavy atom. The van der Waals surface area contributed by atoms with Gasteiger partial charge in [-0.3, -0.25) is 43.7 Å². The van der Waals surface area contributed by atoms with Gasteiger partial charge < -0.3 is 34.8 Å². The molecule has 1 aromatic carbocycles. The highest BCUT2D eigenvalue weighted by Crippen LogP contribution is 2.42. The van der Waals surface area contributed by atoms with Gasteiger partial charge in [-0.1, -0.05) is 89.6 Å². The molecule has 11 atom stereocenters. The summed E-state index contributed by atoms with van der Waals surface area (Å²) in [5.74, 6) is -4.52. The number of likely N-dealkylation sites (N-methyl/N-ethyl adjacent to an activating group) is 2. The highest BCUT2D eigenvalue weighted by Gasteiger charge is 2.45. The quantitative estimate of drug-likeness (QED) is 0.129. The van der Waals surface area contributed by atoms with E-state index in [0.717, 1.165) is 42.6 Å². The van der Waals surface area contributed by atoms with Crippen molar-refractivity contribution in [3.63, 3.8) is 0 Å². The number of carbonyl (C=O) groups is 8. The number of methoxy groups -OCH3 is 2. The maximum Gasteiger partial charge on any atom is 0.249 e. The van der Waals surface area contributed by atoms with Crippen molar-refractivity contribution in [2.24, 2.45) is 17.8 Å². The molecule has 1 aromatic heterocycles. The van der Waals surface area contributed by atoms with Crippen molar-refractivity contribution in [3.8, 4) is 0 Å². The van der Waals surface area contributed by atoms with Crippen LogP contribution >= 0.6 is 23.5 Å². The molecule has 1 aliphatic carbocycles. The van der Waals surface area contributed by atoms with Crippen LogP contribution in [0.3, 0.4) is 0 Å². The van der Waals surface area contributed by atoms with Gasteiger partial charge in [0.15, 0.2) is 5.16 Å². The average Bonchev–Trinajstić information content (AvgIpc) is 3.97. The highest BCUT2D eigenvalue weighted by atomic mass is 32.2. The van der Waals surface area contributed by atoms with Crippen LogP contribution in [0.4, 0.5) is 11.9 Å². The van der Waals surface area contributed by atoms with Crippen molar-refractivity contribution < 1.29 is 47.8 Å². The van der Waals surface area contributed by atoms with E-state index in [2.05, 4.69) is 30.9 Å². The molecule has 3 fully saturated rings. The number of carbonyl (C=O) groups excluding carboxylic acids is 8. The maximum absolute atomic E-state index is 14.3. The van der Waals surface area contributed by atoms with Gasteiger partial charge in [-0.05, 0) is 62.8 Å². The molecule has 11 unspecified atom stereocenters. The summed E-state index contributed by atoms with van der Waals surface area (Å²) in [5.41, 5.74) is 1.12. The van der Waals surface area contributed by atoms with E-state index in [1.807, 2.05) is 58.0 Å². The first-order valence-electron chi connectivity index (χ1n) is 26.5. The molecule has 0 spiro atoms. The van der Waals surface area contributed by atoms with E-state index >= 15 is 0 Å². The van der Waals surface area contributed by atoms with E-state index in [1.54, 1.807) is 44.7 Å². The molecule has 4 heterocycles. The second-order valence-corrected chi connectivity index (χ2v) is 23.6. The largest absolute Gasteiger partial charge is 0.379 e. The summed E-state index contributed by atoms with van der Waals surface area (Å²) in [5, 5.41) is 8.68. The third-order valence-corrected chi connectivity index (χ3v) is 17.8. The van der Waals surface area contributed by atoms with Crippen molar-refractivity contribution in [3.05, 3.63) is 35.9 Å². The summed E-state index contributed by atoms with van der Waals surface area (Å²) in [7, 11) is 6.18. The lowest BCUT2D eigenvalue weighted by Gasteiger charge is -2.39. The van der Waals surface area contributed by atoms with Crippen molar-refractivity contribution in [2.75, 3.05) is 51.6 Å². The Morgan fingerprint density at radius 2 is 1.57 bits per heavy atom. The lowest BCUT2D eigenvalue weighted by atomic mass is 9.90. The zero-order chi connectivity index (χ0) is 54.7. The van der Waals surface area contributed by atoms with Gasteiger partial charge in [0.25, 0.3) is 0 Å². The predicted octanol–water partition coefficient (Wildman–Crippen LogP) is 4.64. The normalized spacial score (nSPS) is 22.2. The average molecular weight is 1080 g/mol. The zero-order valence-corrected chi connectivity index (χ0v) is 46.9. The van der Waals surface area contributed by atoms with Gasteiger partial charge in [0.2, 0.25) is 59.2 Å². The van der Waals surface area contributed by atoms with Crippen LogP contribution in [-0.4, -0.2) is 170 Å². The van der Waals surface area contributed by atoms with Crippen LogP contribution in [0.25, 0.3) is 0 Å². The van der Waals surface area contributed by atoms with Gasteiger partial charge in [0.05, 0.1) is 48.4 Å². The van der Waals surface area contributed by atoms with E-state index in [1.165, 1.54) is 35.7 Å². The number of thioether (sulfide) groups is 2. The van der Waals surface area contributed by atoms with Crippen molar-refractivity contribution in [2.45, 2.75) is 176 Å². The van der Waals surface area contributed by atoms with Crippen molar-refractivity contribution >= 4 is 82.7 Å². The number of hydrogen-bond donors (Lipinski definition) is 3. The first kappa shape index (κ1) is 59.1. The second kappa shape index (κ2) is 27.2. The van der Waals surface area contributed by atoms with Gasteiger partial charge in [-0.2, -0.15) is 15.0 Å². The van der Waals surface area contributed by atoms with Gasteiger partial charge >= 0.3 is 0 Å². The number of fused-ring (bicyclic) bond motifs is 7. The lowest BCUT2D eigenvalue weighted by Crippen LogP contribution is -2.55. The number of imide groups is 1. The fourth-order valence-electron chi connectivity index (χ4n) is 11.0. The molecule has 1 saturated carbocycles. The zero-order valence-electron chi connectivity index (χ0n) is 45.2. The van der Waals surface area contributed by atoms with E-state index in [-0.39, 0.29) is 94.9 Å². The predicted molar refractivity (Wildman–Crippen MR) is 286 cm³/mol. The molecule has 3 N–H and O–H groups in total. The number of rotatable bonds is 23. The first-order chi connectivity index (χ1) is 35.7. The van der Waals surface area contributed by atoms with Crippen LogP contribution in [0, 0.1) is 17.8 Å². The molecule has 75 heavy (non-hydrogen) atoms. The Balaban J connectivity index is 1.03. The van der Waals surface area contributed by atoms with Crippen LogP contribution in [0.1, 0.15) is 118 Å². The summed E-state index contributed by atoms with van der Waals surface area (Å²) in [6.07, 6.45) is 4.66. The number of nitrogens with zero attached hydrogens (tertiary/aromatic N) is 7. The van der Waals surface area contributed by atoms with E-state index in [9.17, 15) is 38.4 Å². The Morgan fingerprint density at radius 1 is 0.853 bits per heavy atom. The minimum Gasteiger partial charge on any atom is -0.379 e. The second-order valence-electron chi connectivity index (χ2n) is 20.9. The lowest BCUT2D eigenvalue weighted by molar-refractivity contribution is -0.146. The standard InChI is InChI=1S/C53H78N10O10S2/c1-11-31(4)46(38(72-9)27-42(66)62-24-16-21-37(62)47(73-10)33(6)48(69)55-32(5)25-34-17-13-12-14-18-34)61(8)44(68)29-54-49(70)45(30(2)3)60(7)41(65)23-22-40(64)56-51-57-52-59-53(58-51)75-36-20-15-19-35(26-36)74-39-28-43(67)63(52)50(39)71/h12-14,17-18,30-33,35-39,45-47H,11,15-16,19-29H2,1-10H3,(H,54,70)(H,55,69)(H,56,57,58,59,64). The van der Waals surface area contributed by atoms with Gasteiger partial charge in [-0.25, -0.2) is 4.90 Å². The molecule has 2 aromatic rings. The summed E-state index contributed by atoms with van der Waals surface area (Å²) < 4.78 is 12.0. The summed E-state index contributed by atoms with van der Waals surface area (Å²) in [6.45, 7) is 11.4. The van der Waals surface area contributed by atoms with Crippen LogP contribution in [0.15, 0.2) is 35.5 Å². The number of aromatic nitrogens is 3. The molecule has 6 bridgehead atoms. The first-order valence-corrected chi connectivity index (χ1v) is 28.3. The molecular formula is C53H78N10O10S2. The molecule has 3 aliphatic heterocycles. The Labute approximate surface area is 450 Å². The SMILES string of the molecule is CCC(C)C(C(CC(=O)N1CCCC1C(OC)C(C)C(=O)NC(C)Cc1ccccc1)OC)N(C)C(=O)CNC(=O)C(C(C)C)N(C)C(=O)CCC(=O)Nc1nc2nc(n1)N1C(=O)CC(SC3CCCC(C3)S2)C1=O. The van der Waals surface area contributed by atoms with Crippen LogP contribution in [-0.2, 0) is 54.3 Å². The third kappa shape index (κ3) is 15.1. The summed E-state index contributed by atoms with van der Waals surface area (Å²) in [4.78, 5) is 128. The van der Waals surface area contributed by atoms with E-state index in [0.29, 0.717) is 25.8 Å². The number of likely N-dealkylation sites (tertiary alicyclic amines) is 1. The number of ether oxygens (including phenoxy) is 2. The Hall–Kier alpha value is -5.19. The minimum atomic E-state index is -0.991. The molecule has 412 valence electrons. The Bertz CT molecular complexity index is 2370. The van der Waals surface area contributed by atoms with Gasteiger partial charge in [-0.15, -0.1) is 11.8 Å².